The van der Waals surface area contributed by atoms with Gasteiger partial charge in [-0.1, -0.05) is 12.8 Å². The van der Waals surface area contributed by atoms with Crippen molar-refractivity contribution in [2.45, 2.75) is 18.9 Å². The third kappa shape index (κ3) is 3.61. The van der Waals surface area contributed by atoms with Gasteiger partial charge in [-0.2, -0.15) is 0 Å². The van der Waals surface area contributed by atoms with Crippen molar-refractivity contribution in [3.8, 4) is 0 Å². The zero-order valence-electron chi connectivity index (χ0n) is 8.54. The molecule has 2 aliphatic rings. The third-order valence-electron chi connectivity index (χ3n) is 2.66. The van der Waals surface area contributed by atoms with Crippen LogP contribution in [0.5, 0.6) is 0 Å². The van der Waals surface area contributed by atoms with E-state index in [-0.39, 0.29) is 18.9 Å². The van der Waals surface area contributed by atoms with Crippen LogP contribution in [0.3, 0.4) is 0 Å². The molecule has 0 aromatic carbocycles. The molecule has 2 fully saturated rings. The van der Waals surface area contributed by atoms with Crippen LogP contribution in [0.4, 0.5) is 0 Å². The normalized spacial score (nSPS) is 30.0. The van der Waals surface area contributed by atoms with Crippen molar-refractivity contribution in [3.63, 3.8) is 0 Å². The number of morpholine rings is 1. The molecule has 3 nitrogen and oxygen atoms in total. The second kappa shape index (κ2) is 6.05. The van der Waals surface area contributed by atoms with E-state index in [1.165, 1.54) is 19.4 Å². The summed E-state index contributed by atoms with van der Waals surface area (Å²) >= 11 is 0. The molecule has 70 valence electrons. The topological polar surface area (TPSA) is 26.6 Å². The van der Waals surface area contributed by atoms with Crippen LogP contribution >= 0.6 is 0 Å². The summed E-state index contributed by atoms with van der Waals surface area (Å²) in [6.45, 7) is 6.29. The minimum absolute atomic E-state index is 0. The molecule has 2 heterocycles. The van der Waals surface area contributed by atoms with Crippen molar-refractivity contribution in [3.05, 3.63) is 5.32 Å². The van der Waals surface area contributed by atoms with Crippen LogP contribution in [0.25, 0.3) is 5.32 Å². The maximum atomic E-state index is 5.29. The van der Waals surface area contributed by atoms with E-state index in [1.54, 1.807) is 0 Å². The standard InChI is InChI=1S/C9H17N2O.Li/c1-2-9(10-3-1)8-11-4-6-12-7-5-11;/h9H,1-8H2;/q-1;+1/t9-;/m0./s1. The average Bonchev–Trinajstić information content (AvgIpc) is 2.59. The molecule has 1 atom stereocenters. The second-order valence-electron chi connectivity index (χ2n) is 3.62. The van der Waals surface area contributed by atoms with Crippen LogP contribution in [0.15, 0.2) is 0 Å². The number of hydrogen-bond acceptors (Lipinski definition) is 2. The van der Waals surface area contributed by atoms with Gasteiger partial charge in [-0.25, -0.2) is 0 Å². The second-order valence-corrected chi connectivity index (χ2v) is 3.62. The smallest absolute Gasteiger partial charge is 0.658 e. The molecule has 2 aliphatic heterocycles. The number of nitrogens with zero attached hydrogens (tertiary/aromatic N) is 2. The Kier molecular flexibility index (Phi) is 5.38. The first-order valence-corrected chi connectivity index (χ1v) is 4.92. The maximum Gasteiger partial charge on any atom is 1.00 e. The summed E-state index contributed by atoms with van der Waals surface area (Å²) in [4.78, 5) is 2.48. The Morgan fingerprint density at radius 2 is 2.08 bits per heavy atom. The van der Waals surface area contributed by atoms with E-state index in [4.69, 9.17) is 4.74 Å². The zero-order chi connectivity index (χ0) is 8.23. The van der Waals surface area contributed by atoms with Gasteiger partial charge in [0.25, 0.3) is 0 Å². The summed E-state index contributed by atoms with van der Waals surface area (Å²) < 4.78 is 5.29. The molecular formula is C9H17LiN2O. The molecule has 0 aromatic rings. The molecular weight excluding hydrogens is 159 g/mol. The molecule has 0 spiro atoms. The first kappa shape index (κ1) is 11.6. The van der Waals surface area contributed by atoms with Crippen molar-refractivity contribution in [1.29, 1.82) is 0 Å². The van der Waals surface area contributed by atoms with E-state index in [1.807, 2.05) is 0 Å². The Hall–Kier alpha value is 0.477. The number of rotatable bonds is 2. The number of ether oxygens (including phenoxy) is 1. The van der Waals surface area contributed by atoms with Gasteiger partial charge < -0.3 is 15.0 Å². The van der Waals surface area contributed by atoms with Crippen molar-refractivity contribution < 1.29 is 23.6 Å². The predicted octanol–water partition coefficient (Wildman–Crippen LogP) is -2.14. The predicted molar refractivity (Wildman–Crippen MR) is 48.5 cm³/mol. The van der Waals surface area contributed by atoms with Crippen LogP contribution < -0.4 is 18.9 Å². The number of hydrogen-bond donors (Lipinski definition) is 0. The van der Waals surface area contributed by atoms with Gasteiger partial charge in [-0.15, -0.1) is 12.6 Å². The summed E-state index contributed by atoms with van der Waals surface area (Å²) in [5.74, 6) is 0. The Balaban J connectivity index is 0.000000845. The van der Waals surface area contributed by atoms with Crippen molar-refractivity contribution >= 4 is 0 Å². The van der Waals surface area contributed by atoms with Crippen LogP contribution in [0, 0.1) is 0 Å². The Morgan fingerprint density at radius 1 is 1.31 bits per heavy atom. The van der Waals surface area contributed by atoms with E-state index >= 15 is 0 Å². The van der Waals surface area contributed by atoms with Gasteiger partial charge in [0.2, 0.25) is 0 Å². The Morgan fingerprint density at radius 3 is 2.69 bits per heavy atom. The fourth-order valence-corrected chi connectivity index (χ4v) is 1.92. The molecule has 2 saturated heterocycles. The Labute approximate surface area is 92.4 Å². The van der Waals surface area contributed by atoms with Crippen LogP contribution in [0.2, 0.25) is 0 Å². The van der Waals surface area contributed by atoms with Gasteiger partial charge in [-0.05, 0) is 6.54 Å². The van der Waals surface area contributed by atoms with Crippen LogP contribution in [-0.4, -0.2) is 50.3 Å². The van der Waals surface area contributed by atoms with Gasteiger partial charge >= 0.3 is 18.9 Å². The van der Waals surface area contributed by atoms with Gasteiger partial charge in [0.1, 0.15) is 0 Å². The molecule has 0 bridgehead atoms. The summed E-state index contributed by atoms with van der Waals surface area (Å²) in [6, 6.07) is 0.628. The molecule has 13 heavy (non-hydrogen) atoms. The van der Waals surface area contributed by atoms with Crippen molar-refractivity contribution in [2.24, 2.45) is 0 Å². The minimum atomic E-state index is 0. The van der Waals surface area contributed by atoms with Crippen LogP contribution in [0.1, 0.15) is 12.8 Å². The van der Waals surface area contributed by atoms with E-state index in [9.17, 15) is 0 Å². The first-order chi connectivity index (χ1) is 5.95. The molecule has 0 saturated carbocycles. The van der Waals surface area contributed by atoms with E-state index < -0.39 is 0 Å². The molecule has 0 unspecified atom stereocenters. The van der Waals surface area contributed by atoms with Crippen molar-refractivity contribution in [1.82, 2.24) is 4.90 Å². The summed E-state index contributed by atoms with van der Waals surface area (Å²) in [5, 5.41) is 4.55. The molecule has 0 radical (unpaired) electrons. The molecule has 0 aliphatic carbocycles. The van der Waals surface area contributed by atoms with E-state index in [2.05, 4.69) is 10.2 Å². The third-order valence-corrected chi connectivity index (χ3v) is 2.66. The fourth-order valence-electron chi connectivity index (χ4n) is 1.92. The fraction of sp³-hybridized carbons (Fsp3) is 1.00. The SMILES string of the molecule is C1C[N-][C@H](CN2CCOCC2)C1.[Li+]. The molecule has 0 amide bonds. The molecule has 0 aromatic heterocycles. The quantitative estimate of drug-likeness (QED) is 0.449. The molecule has 2 rings (SSSR count). The monoisotopic (exact) mass is 176 g/mol. The van der Waals surface area contributed by atoms with Gasteiger partial charge in [0, 0.05) is 13.1 Å². The van der Waals surface area contributed by atoms with Gasteiger partial charge in [0.05, 0.1) is 13.2 Å². The van der Waals surface area contributed by atoms with Crippen LogP contribution in [-0.2, 0) is 4.74 Å². The Bertz CT molecular complexity index is 134. The molecule has 0 N–H and O–H groups in total. The molecule has 4 heteroatoms. The summed E-state index contributed by atoms with van der Waals surface area (Å²) in [5.41, 5.74) is 0. The first-order valence-electron chi connectivity index (χ1n) is 4.92. The van der Waals surface area contributed by atoms with Gasteiger partial charge in [0.15, 0.2) is 0 Å². The van der Waals surface area contributed by atoms with Crippen molar-refractivity contribution in [2.75, 3.05) is 39.4 Å². The summed E-state index contributed by atoms with van der Waals surface area (Å²) in [6.07, 6.45) is 2.60. The van der Waals surface area contributed by atoms with Gasteiger partial charge in [-0.3, -0.25) is 0 Å². The van der Waals surface area contributed by atoms with E-state index in [0.29, 0.717) is 6.04 Å². The summed E-state index contributed by atoms with van der Waals surface area (Å²) in [7, 11) is 0. The largest absolute Gasteiger partial charge is 1.00 e. The maximum absolute atomic E-state index is 5.29. The average molecular weight is 176 g/mol. The minimum Gasteiger partial charge on any atom is -0.658 e. The zero-order valence-corrected chi connectivity index (χ0v) is 8.54. The van der Waals surface area contributed by atoms with E-state index in [0.717, 1.165) is 32.8 Å².